The van der Waals surface area contributed by atoms with E-state index in [0.29, 0.717) is 10.8 Å². The van der Waals surface area contributed by atoms with Crippen LogP contribution in [0.25, 0.3) is 5.69 Å². The third kappa shape index (κ3) is 3.42. The fourth-order valence-electron chi connectivity index (χ4n) is 2.80. The molecule has 0 aliphatic heterocycles. The van der Waals surface area contributed by atoms with E-state index in [4.69, 9.17) is 11.6 Å². The molecule has 8 nitrogen and oxygen atoms in total. The Morgan fingerprint density at radius 1 is 1.19 bits per heavy atom. The first kappa shape index (κ1) is 18.0. The lowest BCUT2D eigenvalue weighted by Gasteiger charge is -2.24. The van der Waals surface area contributed by atoms with Crippen LogP contribution in [0.2, 0.25) is 5.02 Å². The summed E-state index contributed by atoms with van der Waals surface area (Å²) in [6.45, 7) is 1.95. The van der Waals surface area contributed by atoms with Gasteiger partial charge in [0, 0.05) is 17.2 Å². The molecule has 1 heterocycles. The summed E-state index contributed by atoms with van der Waals surface area (Å²) < 4.78 is 1.65. The minimum atomic E-state index is -0.423. The molecule has 0 radical (unpaired) electrons. The highest BCUT2D eigenvalue weighted by Crippen LogP contribution is 2.29. The van der Waals surface area contributed by atoms with Crippen LogP contribution in [0, 0.1) is 17.0 Å². The van der Waals surface area contributed by atoms with Crippen molar-refractivity contribution >= 4 is 17.3 Å². The molecule has 0 aliphatic rings. The van der Waals surface area contributed by atoms with Gasteiger partial charge in [-0.1, -0.05) is 29.8 Å². The van der Waals surface area contributed by atoms with Crippen LogP contribution >= 0.6 is 11.6 Å². The Hall–Kier alpha value is -2.84. The van der Waals surface area contributed by atoms with Crippen molar-refractivity contribution in [1.82, 2.24) is 25.1 Å². The van der Waals surface area contributed by atoms with Gasteiger partial charge >= 0.3 is 0 Å². The van der Waals surface area contributed by atoms with Crippen LogP contribution in [0.3, 0.4) is 0 Å². The van der Waals surface area contributed by atoms with Crippen molar-refractivity contribution in [2.45, 2.75) is 13.0 Å². The van der Waals surface area contributed by atoms with Gasteiger partial charge in [-0.2, -0.15) is 4.68 Å². The van der Waals surface area contributed by atoms with Crippen molar-refractivity contribution in [2.75, 3.05) is 14.1 Å². The second-order valence-electron chi connectivity index (χ2n) is 6.09. The Balaban J connectivity index is 2.09. The van der Waals surface area contributed by atoms with Crippen molar-refractivity contribution in [3.63, 3.8) is 0 Å². The van der Waals surface area contributed by atoms with Crippen molar-refractivity contribution in [2.24, 2.45) is 0 Å². The standard InChI is InChI=1S/C17H17ClN6O2/c1-11-4-7-13(18)10-15(11)23-17(19-20-21-23)16(22(2)3)12-5-8-14(9-6-12)24(25)26/h4-10,16H,1-3H3. The maximum atomic E-state index is 10.9. The molecule has 1 unspecified atom stereocenters. The van der Waals surface area contributed by atoms with Gasteiger partial charge in [0.1, 0.15) is 0 Å². The Morgan fingerprint density at radius 2 is 1.88 bits per heavy atom. The van der Waals surface area contributed by atoms with E-state index >= 15 is 0 Å². The van der Waals surface area contributed by atoms with Gasteiger partial charge in [0.05, 0.1) is 16.7 Å². The van der Waals surface area contributed by atoms with Crippen molar-refractivity contribution in [3.05, 3.63) is 74.6 Å². The summed E-state index contributed by atoms with van der Waals surface area (Å²) in [5.41, 5.74) is 2.64. The molecule has 0 bridgehead atoms. The van der Waals surface area contributed by atoms with E-state index < -0.39 is 4.92 Å². The number of tetrazole rings is 1. The lowest BCUT2D eigenvalue weighted by Crippen LogP contribution is -2.24. The van der Waals surface area contributed by atoms with Crippen LogP contribution in [0.5, 0.6) is 0 Å². The largest absolute Gasteiger partial charge is 0.296 e. The molecule has 2 aromatic carbocycles. The molecule has 0 aliphatic carbocycles. The van der Waals surface area contributed by atoms with Gasteiger partial charge in [-0.15, -0.1) is 5.10 Å². The smallest absolute Gasteiger partial charge is 0.269 e. The molecule has 3 rings (SSSR count). The maximum absolute atomic E-state index is 10.9. The predicted octanol–water partition coefficient (Wildman–Crippen LogP) is 3.18. The molecule has 9 heteroatoms. The molecule has 26 heavy (non-hydrogen) atoms. The van der Waals surface area contributed by atoms with Gasteiger partial charge in [-0.3, -0.25) is 15.0 Å². The zero-order valence-electron chi connectivity index (χ0n) is 14.5. The van der Waals surface area contributed by atoms with Crippen molar-refractivity contribution in [3.8, 4) is 5.69 Å². The Bertz CT molecular complexity index is 939. The van der Waals surface area contributed by atoms with Gasteiger partial charge < -0.3 is 0 Å². The van der Waals surface area contributed by atoms with Crippen LogP contribution in [0.4, 0.5) is 5.69 Å². The molecule has 1 aromatic heterocycles. The molecular weight excluding hydrogens is 356 g/mol. The van der Waals surface area contributed by atoms with E-state index in [9.17, 15) is 10.1 Å². The first-order chi connectivity index (χ1) is 12.4. The van der Waals surface area contributed by atoms with Gasteiger partial charge in [0.2, 0.25) is 0 Å². The molecular formula is C17H17ClN6O2. The first-order valence-electron chi connectivity index (χ1n) is 7.84. The fourth-order valence-corrected chi connectivity index (χ4v) is 2.97. The number of nitro groups is 1. The fraction of sp³-hybridized carbons (Fsp3) is 0.235. The Kier molecular flexibility index (Phi) is 4.97. The Morgan fingerprint density at radius 3 is 2.50 bits per heavy atom. The average molecular weight is 373 g/mol. The van der Waals surface area contributed by atoms with Crippen LogP contribution in [-0.2, 0) is 0 Å². The van der Waals surface area contributed by atoms with Gasteiger partial charge in [-0.05, 0) is 54.7 Å². The summed E-state index contributed by atoms with van der Waals surface area (Å²) >= 11 is 6.14. The number of aromatic nitrogens is 4. The monoisotopic (exact) mass is 372 g/mol. The number of nitrogens with zero attached hydrogens (tertiary/aromatic N) is 6. The third-order valence-corrected chi connectivity index (χ3v) is 4.31. The number of benzene rings is 2. The van der Waals surface area contributed by atoms with Gasteiger partial charge in [0.25, 0.3) is 5.69 Å². The number of halogens is 1. The number of nitro benzene ring substituents is 1. The molecule has 0 saturated carbocycles. The summed E-state index contributed by atoms with van der Waals surface area (Å²) in [6, 6.07) is 11.6. The lowest BCUT2D eigenvalue weighted by atomic mass is 10.0. The number of hydrogen-bond donors (Lipinski definition) is 0. The molecule has 3 aromatic rings. The van der Waals surface area contributed by atoms with E-state index in [2.05, 4.69) is 15.5 Å². The summed E-state index contributed by atoms with van der Waals surface area (Å²) in [4.78, 5) is 12.4. The van der Waals surface area contributed by atoms with E-state index in [-0.39, 0.29) is 11.7 Å². The summed E-state index contributed by atoms with van der Waals surface area (Å²) in [5, 5.41) is 23.6. The number of aryl methyl sites for hydroxylation is 1. The highest BCUT2D eigenvalue weighted by atomic mass is 35.5. The van der Waals surface area contributed by atoms with E-state index in [1.54, 1.807) is 22.9 Å². The highest BCUT2D eigenvalue weighted by Gasteiger charge is 2.25. The second kappa shape index (κ2) is 7.19. The molecule has 0 spiro atoms. The van der Waals surface area contributed by atoms with Crippen molar-refractivity contribution in [1.29, 1.82) is 0 Å². The summed E-state index contributed by atoms with van der Waals surface area (Å²) in [5.74, 6) is 0.592. The molecule has 0 fully saturated rings. The molecule has 0 amide bonds. The van der Waals surface area contributed by atoms with Crippen LogP contribution < -0.4 is 0 Å². The predicted molar refractivity (Wildman–Crippen MR) is 97.5 cm³/mol. The highest BCUT2D eigenvalue weighted by molar-refractivity contribution is 6.30. The van der Waals surface area contributed by atoms with Crippen LogP contribution in [0.1, 0.15) is 23.0 Å². The second-order valence-corrected chi connectivity index (χ2v) is 6.53. The quantitative estimate of drug-likeness (QED) is 0.504. The van der Waals surface area contributed by atoms with Crippen LogP contribution in [-0.4, -0.2) is 44.1 Å². The number of hydrogen-bond acceptors (Lipinski definition) is 6. The SMILES string of the molecule is Cc1ccc(Cl)cc1-n1nnnc1C(c1ccc([N+](=O)[O-])cc1)N(C)C. The Labute approximate surface area is 155 Å². The minimum Gasteiger partial charge on any atom is -0.296 e. The first-order valence-corrected chi connectivity index (χ1v) is 8.22. The van der Waals surface area contributed by atoms with E-state index in [1.165, 1.54) is 12.1 Å². The normalized spacial score (nSPS) is 12.3. The summed E-state index contributed by atoms with van der Waals surface area (Å²) in [7, 11) is 3.80. The van der Waals surface area contributed by atoms with E-state index in [0.717, 1.165) is 16.8 Å². The van der Waals surface area contributed by atoms with E-state index in [1.807, 2.05) is 38.1 Å². The minimum absolute atomic E-state index is 0.0385. The van der Waals surface area contributed by atoms with Gasteiger partial charge in [-0.25, -0.2) is 0 Å². The molecule has 134 valence electrons. The average Bonchev–Trinajstić information content (AvgIpc) is 3.06. The number of non-ortho nitro benzene ring substituents is 1. The zero-order chi connectivity index (χ0) is 18.8. The lowest BCUT2D eigenvalue weighted by molar-refractivity contribution is -0.384. The van der Waals surface area contributed by atoms with Crippen molar-refractivity contribution < 1.29 is 4.92 Å². The maximum Gasteiger partial charge on any atom is 0.269 e. The topological polar surface area (TPSA) is 90.0 Å². The zero-order valence-corrected chi connectivity index (χ0v) is 15.3. The summed E-state index contributed by atoms with van der Waals surface area (Å²) in [6.07, 6.45) is 0. The molecule has 0 N–H and O–H groups in total. The van der Waals surface area contributed by atoms with Gasteiger partial charge in [0.15, 0.2) is 5.82 Å². The number of rotatable bonds is 5. The molecule has 1 atom stereocenters. The molecule has 0 saturated heterocycles. The third-order valence-electron chi connectivity index (χ3n) is 4.07. The van der Waals surface area contributed by atoms with Crippen LogP contribution in [0.15, 0.2) is 42.5 Å².